The molecule has 0 saturated heterocycles. The lowest BCUT2D eigenvalue weighted by molar-refractivity contribution is 0.0595. The van der Waals surface area contributed by atoms with Gasteiger partial charge in [0.25, 0.3) is 0 Å². The molecule has 4 heteroatoms. The number of esters is 1. The molecule has 1 aliphatic rings. The van der Waals surface area contributed by atoms with E-state index in [1.54, 1.807) is 0 Å². The highest BCUT2D eigenvalue weighted by molar-refractivity contribution is 9.09. The third-order valence-electron chi connectivity index (χ3n) is 4.03. The predicted molar refractivity (Wildman–Crippen MR) is 86.2 cm³/mol. The third kappa shape index (κ3) is 2.91. The number of ether oxygens (including phenoxy) is 2. The summed E-state index contributed by atoms with van der Waals surface area (Å²) in [6, 6.07) is 11.7. The fourth-order valence-electron chi connectivity index (χ4n) is 2.33. The Balaban J connectivity index is 1.95. The van der Waals surface area contributed by atoms with E-state index in [-0.39, 0.29) is 11.4 Å². The molecule has 0 heterocycles. The standard InChI is InChI=1S/C17H17BrO3/c1-20-16(19)14-8-12-4-2-3-5-13(12)9-15(14)21-11-17(10-18)6-7-17/h2-5,8-9H,6-7,10-11H2,1H3. The van der Waals surface area contributed by atoms with E-state index in [0.29, 0.717) is 17.9 Å². The van der Waals surface area contributed by atoms with Gasteiger partial charge in [-0.1, -0.05) is 40.2 Å². The lowest BCUT2D eigenvalue weighted by atomic mass is 10.1. The van der Waals surface area contributed by atoms with E-state index in [0.717, 1.165) is 16.1 Å². The number of alkyl halides is 1. The Kier molecular flexibility index (Phi) is 3.89. The molecular formula is C17H17BrO3. The molecule has 2 aromatic rings. The number of hydrogen-bond acceptors (Lipinski definition) is 3. The summed E-state index contributed by atoms with van der Waals surface area (Å²) in [7, 11) is 1.39. The van der Waals surface area contributed by atoms with E-state index < -0.39 is 0 Å². The maximum Gasteiger partial charge on any atom is 0.341 e. The molecule has 1 saturated carbocycles. The monoisotopic (exact) mass is 348 g/mol. The number of rotatable bonds is 5. The zero-order valence-corrected chi connectivity index (χ0v) is 13.5. The number of carbonyl (C=O) groups excluding carboxylic acids is 1. The molecule has 1 fully saturated rings. The predicted octanol–water partition coefficient (Wildman–Crippen LogP) is 4.18. The van der Waals surface area contributed by atoms with Crippen molar-refractivity contribution in [2.24, 2.45) is 5.41 Å². The third-order valence-corrected chi connectivity index (χ3v) is 5.22. The van der Waals surface area contributed by atoms with Crippen molar-refractivity contribution >= 4 is 32.7 Å². The number of benzene rings is 2. The smallest absolute Gasteiger partial charge is 0.341 e. The first-order valence-corrected chi connectivity index (χ1v) is 8.09. The highest BCUT2D eigenvalue weighted by Crippen LogP contribution is 2.47. The molecule has 0 spiro atoms. The van der Waals surface area contributed by atoms with Gasteiger partial charge in [-0.2, -0.15) is 0 Å². The van der Waals surface area contributed by atoms with E-state index in [9.17, 15) is 4.79 Å². The summed E-state index contributed by atoms with van der Waals surface area (Å²) in [6.07, 6.45) is 2.33. The van der Waals surface area contributed by atoms with Gasteiger partial charge in [0.05, 0.1) is 13.7 Å². The maximum absolute atomic E-state index is 12.0. The number of methoxy groups -OCH3 is 1. The van der Waals surface area contributed by atoms with E-state index in [2.05, 4.69) is 15.9 Å². The van der Waals surface area contributed by atoms with Gasteiger partial charge in [-0.15, -0.1) is 0 Å². The molecule has 0 radical (unpaired) electrons. The Bertz CT molecular complexity index is 677. The average Bonchev–Trinajstić information content (AvgIpc) is 3.32. The molecule has 0 amide bonds. The Morgan fingerprint density at radius 1 is 1.24 bits per heavy atom. The molecule has 0 atom stereocenters. The molecule has 21 heavy (non-hydrogen) atoms. The van der Waals surface area contributed by atoms with Gasteiger partial charge in [-0.25, -0.2) is 4.79 Å². The largest absolute Gasteiger partial charge is 0.492 e. The lowest BCUT2D eigenvalue weighted by Crippen LogP contribution is -2.16. The molecule has 3 nitrogen and oxygen atoms in total. The zero-order chi connectivity index (χ0) is 14.9. The number of carbonyl (C=O) groups is 1. The van der Waals surface area contributed by atoms with Crippen LogP contribution in [0.1, 0.15) is 23.2 Å². The van der Waals surface area contributed by atoms with Crippen molar-refractivity contribution in [3.8, 4) is 5.75 Å². The molecule has 110 valence electrons. The summed E-state index contributed by atoms with van der Waals surface area (Å²) < 4.78 is 10.8. The van der Waals surface area contributed by atoms with Crippen molar-refractivity contribution in [2.45, 2.75) is 12.8 Å². The maximum atomic E-state index is 12.0. The lowest BCUT2D eigenvalue weighted by Gasteiger charge is -2.16. The second-order valence-corrected chi connectivity index (χ2v) is 6.17. The first-order chi connectivity index (χ1) is 10.2. The summed E-state index contributed by atoms with van der Waals surface area (Å²) in [6.45, 7) is 0.626. The first kappa shape index (κ1) is 14.4. The number of hydrogen-bond donors (Lipinski definition) is 0. The minimum absolute atomic E-state index is 0.235. The number of fused-ring (bicyclic) bond motifs is 1. The molecular weight excluding hydrogens is 332 g/mol. The molecule has 0 bridgehead atoms. The normalized spacial score (nSPS) is 15.7. The van der Waals surface area contributed by atoms with Crippen LogP contribution >= 0.6 is 15.9 Å². The van der Waals surface area contributed by atoms with Crippen LogP contribution in [-0.4, -0.2) is 25.0 Å². The molecule has 3 rings (SSSR count). The summed E-state index contributed by atoms with van der Waals surface area (Å²) in [4.78, 5) is 12.0. The van der Waals surface area contributed by atoms with Crippen LogP contribution < -0.4 is 4.74 Å². The molecule has 0 unspecified atom stereocenters. The fourth-order valence-corrected chi connectivity index (χ4v) is 3.06. The second kappa shape index (κ2) is 5.68. The van der Waals surface area contributed by atoms with Gasteiger partial charge in [0.15, 0.2) is 0 Å². The molecule has 2 aromatic carbocycles. The van der Waals surface area contributed by atoms with Crippen LogP contribution in [0.15, 0.2) is 36.4 Å². The minimum Gasteiger partial charge on any atom is -0.492 e. The van der Waals surface area contributed by atoms with Crippen LogP contribution in [0.25, 0.3) is 10.8 Å². The SMILES string of the molecule is COC(=O)c1cc2ccccc2cc1OCC1(CBr)CC1. The quantitative estimate of drug-likeness (QED) is 0.600. The Morgan fingerprint density at radius 2 is 1.90 bits per heavy atom. The summed E-state index contributed by atoms with van der Waals surface area (Å²) >= 11 is 3.54. The van der Waals surface area contributed by atoms with E-state index in [1.807, 2.05) is 36.4 Å². The zero-order valence-electron chi connectivity index (χ0n) is 11.9. The van der Waals surface area contributed by atoms with Crippen LogP contribution in [0.3, 0.4) is 0 Å². The fraction of sp³-hybridized carbons (Fsp3) is 0.353. The molecule has 0 aliphatic heterocycles. The van der Waals surface area contributed by atoms with E-state index >= 15 is 0 Å². The van der Waals surface area contributed by atoms with Crippen LogP contribution in [0.4, 0.5) is 0 Å². The van der Waals surface area contributed by atoms with Crippen molar-refractivity contribution < 1.29 is 14.3 Å². The van der Waals surface area contributed by atoms with Gasteiger partial charge in [-0.3, -0.25) is 0 Å². The highest BCUT2D eigenvalue weighted by atomic mass is 79.9. The molecule has 1 aliphatic carbocycles. The van der Waals surface area contributed by atoms with Crippen molar-refractivity contribution in [3.63, 3.8) is 0 Å². The van der Waals surface area contributed by atoms with E-state index in [4.69, 9.17) is 9.47 Å². The molecule has 0 N–H and O–H groups in total. The van der Waals surface area contributed by atoms with Gasteiger partial charge >= 0.3 is 5.97 Å². The number of halogens is 1. The summed E-state index contributed by atoms with van der Waals surface area (Å²) in [5, 5.41) is 3.00. The van der Waals surface area contributed by atoms with Crippen molar-refractivity contribution in [1.29, 1.82) is 0 Å². The van der Waals surface area contributed by atoms with Crippen molar-refractivity contribution in [2.75, 3.05) is 19.0 Å². The summed E-state index contributed by atoms with van der Waals surface area (Å²) in [5.74, 6) is 0.243. The van der Waals surface area contributed by atoms with Crippen LogP contribution in [0.2, 0.25) is 0 Å². The van der Waals surface area contributed by atoms with Crippen LogP contribution in [0.5, 0.6) is 5.75 Å². The van der Waals surface area contributed by atoms with E-state index in [1.165, 1.54) is 20.0 Å². The highest BCUT2D eigenvalue weighted by Gasteiger charge is 2.42. The molecule has 0 aromatic heterocycles. The Morgan fingerprint density at radius 3 is 2.48 bits per heavy atom. The average molecular weight is 349 g/mol. The Labute approximate surface area is 132 Å². The van der Waals surface area contributed by atoms with Crippen LogP contribution in [-0.2, 0) is 4.74 Å². The first-order valence-electron chi connectivity index (χ1n) is 6.97. The summed E-state index contributed by atoms with van der Waals surface area (Å²) in [5.41, 5.74) is 0.723. The minimum atomic E-state index is -0.362. The van der Waals surface area contributed by atoms with Gasteiger partial charge in [0.2, 0.25) is 0 Å². The van der Waals surface area contributed by atoms with Crippen molar-refractivity contribution in [3.05, 3.63) is 42.0 Å². The van der Waals surface area contributed by atoms with Crippen molar-refractivity contribution in [1.82, 2.24) is 0 Å². The topological polar surface area (TPSA) is 35.5 Å². The second-order valence-electron chi connectivity index (χ2n) is 5.61. The van der Waals surface area contributed by atoms with Crippen LogP contribution in [0, 0.1) is 5.41 Å². The van der Waals surface area contributed by atoms with Gasteiger partial charge in [0.1, 0.15) is 11.3 Å². The van der Waals surface area contributed by atoms with Gasteiger partial charge < -0.3 is 9.47 Å². The van der Waals surface area contributed by atoms with Gasteiger partial charge in [-0.05, 0) is 35.7 Å². The Hall–Kier alpha value is -1.55. The van der Waals surface area contributed by atoms with Gasteiger partial charge in [0, 0.05) is 10.7 Å².